The molecule has 84 valence electrons. The van der Waals surface area contributed by atoms with Crippen molar-refractivity contribution in [3.05, 3.63) is 11.6 Å². The molecule has 0 spiro atoms. The van der Waals surface area contributed by atoms with Gasteiger partial charge in [0.1, 0.15) is 0 Å². The Morgan fingerprint density at radius 2 is 2.33 bits per heavy atom. The summed E-state index contributed by atoms with van der Waals surface area (Å²) in [6, 6.07) is 0. The molecule has 0 amide bonds. The first kappa shape index (κ1) is 10.7. The molecule has 0 aliphatic heterocycles. The van der Waals surface area contributed by atoms with Crippen molar-refractivity contribution in [1.29, 1.82) is 0 Å². The molecule has 0 aromatic rings. The summed E-state index contributed by atoms with van der Waals surface area (Å²) in [4.78, 5) is 11.4. The van der Waals surface area contributed by atoms with Gasteiger partial charge >= 0.3 is 5.97 Å². The van der Waals surface area contributed by atoms with Gasteiger partial charge in [0.05, 0.1) is 7.11 Å². The Morgan fingerprint density at radius 1 is 1.60 bits per heavy atom. The third-order valence-corrected chi connectivity index (χ3v) is 4.35. The number of carbonyl (C=O) groups excluding carboxylic acids is 1. The van der Waals surface area contributed by atoms with Crippen LogP contribution < -0.4 is 0 Å². The molecule has 0 N–H and O–H groups in total. The van der Waals surface area contributed by atoms with Gasteiger partial charge < -0.3 is 4.74 Å². The van der Waals surface area contributed by atoms with Gasteiger partial charge in [0.15, 0.2) is 0 Å². The number of fused-ring (bicyclic) bond motifs is 1. The van der Waals surface area contributed by atoms with Crippen molar-refractivity contribution >= 4 is 5.97 Å². The van der Waals surface area contributed by atoms with Crippen molar-refractivity contribution in [3.63, 3.8) is 0 Å². The molecule has 2 aliphatic carbocycles. The third kappa shape index (κ3) is 1.70. The summed E-state index contributed by atoms with van der Waals surface area (Å²) < 4.78 is 4.78. The van der Waals surface area contributed by atoms with Crippen molar-refractivity contribution in [2.75, 3.05) is 7.11 Å². The lowest BCUT2D eigenvalue weighted by molar-refractivity contribution is -0.136. The van der Waals surface area contributed by atoms with Crippen LogP contribution in [0.5, 0.6) is 0 Å². The van der Waals surface area contributed by atoms with E-state index in [-0.39, 0.29) is 5.97 Å². The van der Waals surface area contributed by atoms with E-state index < -0.39 is 0 Å². The van der Waals surface area contributed by atoms with Gasteiger partial charge in [-0.25, -0.2) is 4.79 Å². The smallest absolute Gasteiger partial charge is 0.333 e. The van der Waals surface area contributed by atoms with Crippen molar-refractivity contribution in [1.82, 2.24) is 0 Å². The number of rotatable bonds is 2. The van der Waals surface area contributed by atoms with Crippen LogP contribution >= 0.6 is 0 Å². The highest BCUT2D eigenvalue weighted by molar-refractivity contribution is 5.89. The largest absolute Gasteiger partial charge is 0.466 e. The van der Waals surface area contributed by atoms with E-state index in [9.17, 15) is 4.79 Å². The van der Waals surface area contributed by atoms with Crippen LogP contribution in [-0.2, 0) is 9.53 Å². The van der Waals surface area contributed by atoms with Gasteiger partial charge in [0, 0.05) is 5.57 Å². The molecule has 0 aromatic carbocycles. The highest BCUT2D eigenvalue weighted by Crippen LogP contribution is 2.50. The molecule has 0 heterocycles. The fourth-order valence-corrected chi connectivity index (χ4v) is 3.42. The first-order valence-electron chi connectivity index (χ1n) is 5.96. The molecular weight excluding hydrogens is 188 g/mol. The van der Waals surface area contributed by atoms with E-state index in [1.54, 1.807) is 0 Å². The summed E-state index contributed by atoms with van der Waals surface area (Å²) in [6.07, 6.45) is 5.68. The van der Waals surface area contributed by atoms with Crippen LogP contribution in [0, 0.1) is 23.7 Å². The van der Waals surface area contributed by atoms with Crippen molar-refractivity contribution in [3.8, 4) is 0 Å². The third-order valence-electron chi connectivity index (χ3n) is 4.35. The minimum Gasteiger partial charge on any atom is -0.466 e. The summed E-state index contributed by atoms with van der Waals surface area (Å²) in [6.45, 7) is 4.60. The average Bonchev–Trinajstić information content (AvgIpc) is 2.77. The molecule has 0 radical (unpaired) electrons. The monoisotopic (exact) mass is 208 g/mol. The van der Waals surface area contributed by atoms with Crippen LogP contribution in [-0.4, -0.2) is 13.1 Å². The first-order chi connectivity index (χ1) is 7.17. The molecule has 2 heteroatoms. The minimum absolute atomic E-state index is 0.121. The SMILES string of the molecule is CC[C@@H]1C[C@@H]2CC(C(=O)OC)=CC2[C@H]1C. The van der Waals surface area contributed by atoms with E-state index in [0.717, 1.165) is 23.8 Å². The Labute approximate surface area is 91.7 Å². The van der Waals surface area contributed by atoms with Crippen LogP contribution in [0.4, 0.5) is 0 Å². The maximum absolute atomic E-state index is 11.4. The zero-order chi connectivity index (χ0) is 11.0. The molecule has 1 unspecified atom stereocenters. The number of methoxy groups -OCH3 is 1. The number of carbonyl (C=O) groups is 1. The Balaban J connectivity index is 2.10. The zero-order valence-corrected chi connectivity index (χ0v) is 9.82. The normalized spacial score (nSPS) is 38.7. The van der Waals surface area contributed by atoms with Crippen LogP contribution in [0.25, 0.3) is 0 Å². The summed E-state index contributed by atoms with van der Waals surface area (Å²) in [5.41, 5.74) is 0.911. The number of allylic oxidation sites excluding steroid dienone is 1. The number of hydrogen-bond acceptors (Lipinski definition) is 2. The summed E-state index contributed by atoms with van der Waals surface area (Å²) in [5.74, 6) is 2.81. The van der Waals surface area contributed by atoms with Gasteiger partial charge in [-0.2, -0.15) is 0 Å². The Kier molecular flexibility index (Phi) is 2.85. The lowest BCUT2D eigenvalue weighted by atomic mass is 9.89. The second kappa shape index (κ2) is 3.99. The van der Waals surface area contributed by atoms with E-state index >= 15 is 0 Å². The van der Waals surface area contributed by atoms with E-state index in [0.29, 0.717) is 11.8 Å². The Morgan fingerprint density at radius 3 is 2.87 bits per heavy atom. The molecular formula is C13H20O2. The summed E-state index contributed by atoms with van der Waals surface area (Å²) >= 11 is 0. The van der Waals surface area contributed by atoms with Gasteiger partial charge in [0.25, 0.3) is 0 Å². The number of esters is 1. The summed E-state index contributed by atoms with van der Waals surface area (Å²) in [7, 11) is 1.47. The second-order valence-corrected chi connectivity index (χ2v) is 4.99. The average molecular weight is 208 g/mol. The van der Waals surface area contributed by atoms with Crippen molar-refractivity contribution in [2.45, 2.75) is 33.1 Å². The summed E-state index contributed by atoms with van der Waals surface area (Å²) in [5, 5.41) is 0. The number of ether oxygens (including phenoxy) is 1. The van der Waals surface area contributed by atoms with Gasteiger partial charge in [0.2, 0.25) is 0 Å². The molecule has 0 aromatic heterocycles. The predicted octanol–water partition coefficient (Wildman–Crippen LogP) is 2.79. The highest BCUT2D eigenvalue weighted by Gasteiger charge is 2.43. The first-order valence-corrected chi connectivity index (χ1v) is 5.96. The quantitative estimate of drug-likeness (QED) is 0.652. The Bertz CT molecular complexity index is 293. The van der Waals surface area contributed by atoms with Gasteiger partial charge in [-0.3, -0.25) is 0 Å². The van der Waals surface area contributed by atoms with Gasteiger partial charge in [-0.1, -0.05) is 26.3 Å². The van der Waals surface area contributed by atoms with Crippen LogP contribution in [0.15, 0.2) is 11.6 Å². The maximum atomic E-state index is 11.4. The molecule has 15 heavy (non-hydrogen) atoms. The maximum Gasteiger partial charge on any atom is 0.333 e. The van der Waals surface area contributed by atoms with Gasteiger partial charge in [-0.15, -0.1) is 0 Å². The number of hydrogen-bond donors (Lipinski definition) is 0. The van der Waals surface area contributed by atoms with E-state index in [2.05, 4.69) is 19.9 Å². The highest BCUT2D eigenvalue weighted by atomic mass is 16.5. The fraction of sp³-hybridized carbons (Fsp3) is 0.769. The molecule has 0 bridgehead atoms. The lowest BCUT2D eigenvalue weighted by Crippen LogP contribution is -2.09. The van der Waals surface area contributed by atoms with Crippen LogP contribution in [0.3, 0.4) is 0 Å². The van der Waals surface area contributed by atoms with Crippen molar-refractivity contribution < 1.29 is 9.53 Å². The molecule has 2 rings (SSSR count). The predicted molar refractivity (Wildman–Crippen MR) is 59.3 cm³/mol. The molecule has 4 atom stereocenters. The van der Waals surface area contributed by atoms with E-state index in [4.69, 9.17) is 4.74 Å². The van der Waals surface area contributed by atoms with Crippen molar-refractivity contribution in [2.24, 2.45) is 23.7 Å². The molecule has 2 nitrogen and oxygen atoms in total. The second-order valence-electron chi connectivity index (χ2n) is 4.99. The molecule has 2 aliphatic rings. The van der Waals surface area contributed by atoms with Crippen LogP contribution in [0.1, 0.15) is 33.1 Å². The van der Waals surface area contributed by atoms with Crippen LogP contribution in [0.2, 0.25) is 0 Å². The molecule has 1 saturated carbocycles. The zero-order valence-electron chi connectivity index (χ0n) is 9.82. The molecule has 1 fully saturated rings. The van der Waals surface area contributed by atoms with Gasteiger partial charge in [-0.05, 0) is 36.5 Å². The standard InChI is InChI=1S/C13H20O2/c1-4-9-5-10-6-11(13(14)15-3)7-12(10)8(9)2/h7-10,12H,4-6H2,1-3H3/t8-,9+,10+,12?/m0/s1. The molecule has 0 saturated heterocycles. The van der Waals surface area contributed by atoms with E-state index in [1.807, 2.05) is 0 Å². The Hall–Kier alpha value is -0.790. The minimum atomic E-state index is -0.121. The fourth-order valence-electron chi connectivity index (χ4n) is 3.42. The van der Waals surface area contributed by atoms with E-state index in [1.165, 1.54) is 20.0 Å². The lowest BCUT2D eigenvalue weighted by Gasteiger charge is -2.16. The topological polar surface area (TPSA) is 26.3 Å².